The molecule has 0 saturated heterocycles. The first-order valence-electron chi connectivity index (χ1n) is 21.0. The molecule has 0 aliphatic carbocycles. The van der Waals surface area contributed by atoms with Crippen molar-refractivity contribution >= 4 is 137 Å². The molecule has 0 atom stereocenters. The van der Waals surface area contributed by atoms with Gasteiger partial charge < -0.3 is 19.2 Å². The summed E-state index contributed by atoms with van der Waals surface area (Å²) in [4.78, 5) is -2.61. The van der Waals surface area contributed by atoms with E-state index in [9.17, 15) is 53.1 Å². The SMILES string of the molecule is Cc1ccc(S(=O)(=O)Oc2cc(S(=O)(=O)O)cc3ccc(N=Nc4cc(S(=O)(=O)O)c5cc(SOOO)c(N=Nc6ccc7c(OS(=O)(=O)c8ccc(C)cc8)cc(SOOO)cc7c6SOOO)c(O)c5c4N)cc23)cc1. The van der Waals surface area contributed by atoms with Gasteiger partial charge in [0, 0.05) is 32.5 Å². The number of nitrogens with zero attached hydrogens (tertiary/aromatic N) is 4. The molecule has 0 fully saturated rings. The normalized spacial score (nSPS) is 12.7. The van der Waals surface area contributed by atoms with Gasteiger partial charge in [0.2, 0.25) is 0 Å². The molecule has 8 rings (SSSR count). The lowest BCUT2D eigenvalue weighted by Gasteiger charge is -2.15. The van der Waals surface area contributed by atoms with Gasteiger partial charge in [-0.25, -0.2) is 15.8 Å². The van der Waals surface area contributed by atoms with Gasteiger partial charge in [-0.1, -0.05) is 56.6 Å². The topological polar surface area (TPSA) is 407 Å². The van der Waals surface area contributed by atoms with Crippen LogP contribution in [-0.4, -0.2) is 63.7 Å². The fourth-order valence-corrected chi connectivity index (χ4v) is 11.8. The van der Waals surface area contributed by atoms with Crippen molar-refractivity contribution in [1.29, 1.82) is 0 Å². The Bertz CT molecular complexity index is 4190. The molecule has 0 heterocycles. The van der Waals surface area contributed by atoms with Crippen molar-refractivity contribution in [2.24, 2.45) is 20.5 Å². The number of benzene rings is 8. The van der Waals surface area contributed by atoms with Gasteiger partial charge in [-0.05, 0) is 98.1 Å². The van der Waals surface area contributed by atoms with E-state index in [2.05, 4.69) is 44.2 Å². The third-order valence-corrected chi connectivity index (χ3v) is 16.9. The first-order valence-corrected chi connectivity index (χ1v) is 28.9. The zero-order valence-corrected chi connectivity index (χ0v) is 44.6. The van der Waals surface area contributed by atoms with Gasteiger partial charge in [-0.2, -0.15) is 38.8 Å². The van der Waals surface area contributed by atoms with Crippen LogP contribution in [-0.2, 0) is 68.6 Å². The molecule has 8 aromatic rings. The first-order chi connectivity index (χ1) is 36.9. The number of nitrogen functional groups attached to an aromatic ring is 1. The van der Waals surface area contributed by atoms with Crippen LogP contribution in [0, 0.1) is 13.8 Å². The lowest BCUT2D eigenvalue weighted by atomic mass is 10.0. The molecule has 0 spiro atoms. The van der Waals surface area contributed by atoms with E-state index >= 15 is 0 Å². The summed E-state index contributed by atoms with van der Waals surface area (Å²) in [6.45, 7) is 3.46. The van der Waals surface area contributed by atoms with Gasteiger partial charge in [0.1, 0.15) is 31.7 Å². The Morgan fingerprint density at radius 2 is 1.09 bits per heavy atom. The molecular weight excluding hydrogens is 1170 g/mol. The Balaban J connectivity index is 1.26. The maximum Gasteiger partial charge on any atom is 0.339 e. The molecule has 0 bridgehead atoms. The quantitative estimate of drug-likeness (QED) is 0.00668. The van der Waals surface area contributed by atoms with Crippen molar-refractivity contribution < 1.29 is 100 Å². The number of aromatic hydroxyl groups is 1. The number of nitrogens with two attached hydrogens (primary N) is 1. The zero-order chi connectivity index (χ0) is 56.3. The van der Waals surface area contributed by atoms with Crippen LogP contribution in [0.15, 0.2) is 170 Å². The summed E-state index contributed by atoms with van der Waals surface area (Å²) in [6.07, 6.45) is 0. The molecule has 8 aromatic carbocycles. The average molecular weight is 1210 g/mol. The monoisotopic (exact) mass is 1210 g/mol. The highest BCUT2D eigenvalue weighted by Crippen LogP contribution is 2.51. The second kappa shape index (κ2) is 23.4. The Morgan fingerprint density at radius 3 is 1.68 bits per heavy atom. The standard InChI is InChI=1S/C44H33N5O22S7/c1-22-3-9-27(10-4-22)77(60,61)64-36-18-26(72-69-66-51)17-32-30(36)13-14-34(44(32)74-71-68-53)47-49-42-38(73-70-67-52)20-33-39(76(57,58)59)21-35(41(45)40(33)43(42)50)48-46-25-8-7-24-15-29(75(54,55)56)19-37(31(24)16-25)65-78(62,63)28-11-5-23(2)6-12-28/h3-21,50-53H,45H2,1-2H3,(H,54,55,56)(H,57,58,59). The Labute approximate surface area is 452 Å². The molecule has 408 valence electrons. The number of rotatable bonds is 21. The van der Waals surface area contributed by atoms with Gasteiger partial charge in [0.25, 0.3) is 20.2 Å². The molecule has 27 nitrogen and oxygen atoms in total. The second-order valence-corrected chi connectivity index (χ2v) is 23.9. The fourth-order valence-electron chi connectivity index (χ4n) is 7.26. The van der Waals surface area contributed by atoms with Crippen LogP contribution < -0.4 is 14.1 Å². The number of hydrogen-bond acceptors (Lipinski definition) is 28. The zero-order valence-electron chi connectivity index (χ0n) is 38.9. The van der Waals surface area contributed by atoms with Gasteiger partial charge >= 0.3 is 20.2 Å². The van der Waals surface area contributed by atoms with Crippen LogP contribution in [0.4, 0.5) is 28.4 Å². The minimum Gasteiger partial charge on any atom is -0.505 e. The predicted molar refractivity (Wildman–Crippen MR) is 276 cm³/mol. The minimum atomic E-state index is -5.27. The molecular formula is C44H33N5O22S7. The van der Waals surface area contributed by atoms with E-state index in [1.165, 1.54) is 78.9 Å². The molecule has 78 heavy (non-hydrogen) atoms. The van der Waals surface area contributed by atoms with Crippen molar-refractivity contribution in [1.82, 2.24) is 0 Å². The third kappa shape index (κ3) is 12.8. The fraction of sp³-hybridized carbons (Fsp3) is 0.0455. The number of phenols is 1. The maximum atomic E-state index is 13.5. The van der Waals surface area contributed by atoms with Gasteiger partial charge in [0.15, 0.2) is 17.2 Å². The predicted octanol–water partition coefficient (Wildman–Crippen LogP) is 11.2. The van der Waals surface area contributed by atoms with Crippen molar-refractivity contribution in [3.63, 3.8) is 0 Å². The summed E-state index contributed by atoms with van der Waals surface area (Å²) in [5, 5.41) is 65.9. The molecule has 0 radical (unpaired) electrons. The molecule has 0 amide bonds. The van der Waals surface area contributed by atoms with Crippen LogP contribution in [0.1, 0.15) is 11.1 Å². The van der Waals surface area contributed by atoms with E-state index in [1.807, 2.05) is 0 Å². The number of azo groups is 2. The lowest BCUT2D eigenvalue weighted by molar-refractivity contribution is -0.432. The Kier molecular flexibility index (Phi) is 17.2. The summed E-state index contributed by atoms with van der Waals surface area (Å²) < 4.78 is 149. The summed E-state index contributed by atoms with van der Waals surface area (Å²) in [6, 6.07) is 23.6. The van der Waals surface area contributed by atoms with Gasteiger partial charge in [0.05, 0.1) is 67.6 Å². The number of phenolic OH excluding ortho intramolecular Hbond substituents is 1. The molecule has 34 heteroatoms. The van der Waals surface area contributed by atoms with Gasteiger partial charge in [-0.15, -0.1) is 28.3 Å². The Morgan fingerprint density at radius 1 is 0.513 bits per heavy atom. The highest BCUT2D eigenvalue weighted by Gasteiger charge is 2.28. The minimum absolute atomic E-state index is 0.0332. The molecule has 0 aliphatic rings. The van der Waals surface area contributed by atoms with E-state index < -0.39 is 89.6 Å². The van der Waals surface area contributed by atoms with E-state index in [0.29, 0.717) is 24.1 Å². The van der Waals surface area contributed by atoms with Crippen LogP contribution in [0.2, 0.25) is 0 Å². The van der Waals surface area contributed by atoms with Crippen LogP contribution in [0.5, 0.6) is 17.2 Å². The molecule has 0 saturated carbocycles. The third-order valence-electron chi connectivity index (χ3n) is 10.8. The first kappa shape index (κ1) is 57.5. The number of fused-ring (bicyclic) bond motifs is 3. The smallest absolute Gasteiger partial charge is 0.339 e. The second-order valence-electron chi connectivity index (χ2n) is 15.8. The van der Waals surface area contributed by atoms with E-state index in [0.717, 1.165) is 35.4 Å². The van der Waals surface area contributed by atoms with Crippen molar-refractivity contribution in [3.05, 3.63) is 126 Å². The molecule has 8 N–H and O–H groups in total. The highest BCUT2D eigenvalue weighted by atomic mass is 32.2. The number of anilines is 1. The maximum absolute atomic E-state index is 13.5. The van der Waals surface area contributed by atoms with E-state index in [1.54, 1.807) is 26.0 Å². The average Bonchev–Trinajstić information content (AvgIpc) is 3.39. The van der Waals surface area contributed by atoms with E-state index in [-0.39, 0.29) is 75.2 Å². The summed E-state index contributed by atoms with van der Waals surface area (Å²) >= 11 is 0.837. The van der Waals surface area contributed by atoms with Gasteiger partial charge in [-0.3, -0.25) is 9.11 Å². The molecule has 0 unspecified atom stereocenters. The lowest BCUT2D eigenvalue weighted by Crippen LogP contribution is -2.10. The van der Waals surface area contributed by atoms with Crippen LogP contribution >= 0.6 is 36.1 Å². The number of aryl methyl sites for hydroxylation is 2. The highest BCUT2D eigenvalue weighted by molar-refractivity contribution is 7.95. The van der Waals surface area contributed by atoms with Crippen LogP contribution in [0.25, 0.3) is 32.3 Å². The van der Waals surface area contributed by atoms with Crippen molar-refractivity contribution in [2.45, 2.75) is 48.1 Å². The van der Waals surface area contributed by atoms with Crippen molar-refractivity contribution in [3.8, 4) is 17.2 Å². The van der Waals surface area contributed by atoms with Crippen molar-refractivity contribution in [2.75, 3.05) is 5.73 Å². The number of hydrogen-bond donors (Lipinski definition) is 7. The van der Waals surface area contributed by atoms with Crippen LogP contribution in [0.3, 0.4) is 0 Å². The summed E-state index contributed by atoms with van der Waals surface area (Å²) in [7, 11) is -19.3. The molecule has 0 aromatic heterocycles. The summed E-state index contributed by atoms with van der Waals surface area (Å²) in [5.41, 5.74) is 6.06. The Hall–Kier alpha value is -6.65. The summed E-state index contributed by atoms with van der Waals surface area (Å²) in [5.74, 6) is -1.85. The van der Waals surface area contributed by atoms with E-state index in [4.69, 9.17) is 28.9 Å². The largest absolute Gasteiger partial charge is 0.505 e. The molecule has 0 aliphatic heterocycles.